The number of thioether (sulfide) groups is 1. The van der Waals surface area contributed by atoms with E-state index < -0.39 is 5.97 Å². The minimum atomic E-state index is -0.669. The van der Waals surface area contributed by atoms with Gasteiger partial charge in [-0.15, -0.1) is 11.8 Å². The van der Waals surface area contributed by atoms with Gasteiger partial charge in [0, 0.05) is 5.56 Å². The molecule has 3 aromatic rings. The van der Waals surface area contributed by atoms with Crippen molar-refractivity contribution in [3.05, 3.63) is 60.2 Å². The number of aromatic nitrogens is 2. The van der Waals surface area contributed by atoms with Gasteiger partial charge in [-0.1, -0.05) is 47.6 Å². The predicted molar refractivity (Wildman–Crippen MR) is 119 cm³/mol. The first-order valence-corrected chi connectivity index (χ1v) is 10.4. The van der Waals surface area contributed by atoms with Crippen LogP contribution in [0.4, 0.5) is 0 Å². The summed E-state index contributed by atoms with van der Waals surface area (Å²) in [6, 6.07) is 16.1. The highest BCUT2D eigenvalue weighted by Gasteiger charge is 2.22. The Labute approximate surface area is 184 Å². The molecule has 0 atom stereocenters. The molecule has 0 amide bonds. The lowest BCUT2D eigenvalue weighted by Crippen LogP contribution is -2.08. The maximum Gasteiger partial charge on any atom is 0.370 e. The lowest BCUT2D eigenvalue weighted by atomic mass is 9.99. The number of methoxy groups -OCH3 is 2. The van der Waals surface area contributed by atoms with Crippen molar-refractivity contribution in [1.29, 1.82) is 0 Å². The van der Waals surface area contributed by atoms with Crippen LogP contribution in [0.25, 0.3) is 11.1 Å². The van der Waals surface area contributed by atoms with Crippen LogP contribution in [0.5, 0.6) is 23.5 Å². The molecule has 0 aliphatic carbocycles. The van der Waals surface area contributed by atoms with Gasteiger partial charge >= 0.3 is 12.0 Å². The van der Waals surface area contributed by atoms with Gasteiger partial charge in [0.1, 0.15) is 16.4 Å². The van der Waals surface area contributed by atoms with E-state index in [0.717, 1.165) is 5.56 Å². The zero-order valence-corrected chi connectivity index (χ0v) is 18.3. The quantitative estimate of drug-likeness (QED) is 0.224. The lowest BCUT2D eigenvalue weighted by Gasteiger charge is -2.13. The second kappa shape index (κ2) is 10.4. The molecule has 0 saturated carbocycles. The van der Waals surface area contributed by atoms with Crippen LogP contribution in [0.3, 0.4) is 0 Å². The molecule has 0 radical (unpaired) electrons. The Morgan fingerprint density at radius 3 is 2.26 bits per heavy atom. The summed E-state index contributed by atoms with van der Waals surface area (Å²) < 4.78 is 16.2. The van der Waals surface area contributed by atoms with Crippen molar-refractivity contribution < 1.29 is 23.8 Å². The van der Waals surface area contributed by atoms with Gasteiger partial charge in [-0.05, 0) is 24.8 Å². The Morgan fingerprint density at radius 1 is 0.968 bits per heavy atom. The summed E-state index contributed by atoms with van der Waals surface area (Å²) in [5, 5.41) is 4.47. The van der Waals surface area contributed by atoms with E-state index in [1.807, 2.05) is 36.6 Å². The molecule has 0 fully saturated rings. The maximum atomic E-state index is 13.0. The molecule has 0 aliphatic heterocycles. The van der Waals surface area contributed by atoms with Crippen molar-refractivity contribution in [3.63, 3.8) is 0 Å². The van der Waals surface area contributed by atoms with Crippen LogP contribution in [0.1, 0.15) is 17.3 Å². The number of oxime groups is 1. The van der Waals surface area contributed by atoms with E-state index in [1.165, 1.54) is 32.0 Å². The molecular formula is C22H21N3O5S. The summed E-state index contributed by atoms with van der Waals surface area (Å²) in [7, 11) is 2.94. The van der Waals surface area contributed by atoms with Gasteiger partial charge in [-0.25, -0.2) is 4.79 Å². The topological polar surface area (TPSA) is 92.1 Å². The van der Waals surface area contributed by atoms with E-state index >= 15 is 0 Å². The van der Waals surface area contributed by atoms with Crippen molar-refractivity contribution in [3.8, 4) is 34.6 Å². The third-order valence-corrected chi connectivity index (χ3v) is 4.81. The third-order valence-electron chi connectivity index (χ3n) is 4.15. The predicted octanol–water partition coefficient (Wildman–Crippen LogP) is 4.81. The second-order valence-electron chi connectivity index (χ2n) is 6.08. The number of nitrogens with zero attached hydrogens (tertiary/aromatic N) is 3. The van der Waals surface area contributed by atoms with Gasteiger partial charge in [-0.3, -0.25) is 0 Å². The molecule has 2 aromatic carbocycles. The molecule has 0 N–H and O–H groups in total. The summed E-state index contributed by atoms with van der Waals surface area (Å²) in [5.41, 5.74) is 1.63. The fourth-order valence-electron chi connectivity index (χ4n) is 2.61. The number of hydrogen-bond donors (Lipinski definition) is 0. The maximum absolute atomic E-state index is 13.0. The summed E-state index contributed by atoms with van der Waals surface area (Å²) in [6.07, 6.45) is 1.84. The Balaban J connectivity index is 2.09. The number of rotatable bonds is 7. The smallest absolute Gasteiger partial charge is 0.370 e. The minimum Gasteiger partial charge on any atom is -0.481 e. The van der Waals surface area contributed by atoms with E-state index in [-0.39, 0.29) is 29.1 Å². The van der Waals surface area contributed by atoms with Gasteiger partial charge in [0.25, 0.3) is 0 Å². The number of hydrogen-bond acceptors (Lipinski definition) is 9. The Morgan fingerprint density at radius 2 is 1.65 bits per heavy atom. The van der Waals surface area contributed by atoms with Crippen molar-refractivity contribution >= 4 is 22.8 Å². The van der Waals surface area contributed by atoms with E-state index in [1.54, 1.807) is 25.1 Å². The van der Waals surface area contributed by atoms with Crippen molar-refractivity contribution in [1.82, 2.24) is 9.97 Å². The summed E-state index contributed by atoms with van der Waals surface area (Å²) in [5.74, 6) is 0.0483. The Bertz CT molecular complexity index is 1070. The first kappa shape index (κ1) is 22.1. The molecule has 3 rings (SSSR count). The zero-order chi connectivity index (χ0) is 22.2. The normalized spacial score (nSPS) is 11.0. The van der Waals surface area contributed by atoms with E-state index in [2.05, 4.69) is 15.1 Å². The van der Waals surface area contributed by atoms with Crippen molar-refractivity contribution in [2.24, 2.45) is 5.16 Å². The summed E-state index contributed by atoms with van der Waals surface area (Å²) in [6.45, 7) is 1.74. The van der Waals surface area contributed by atoms with Gasteiger partial charge in [0.15, 0.2) is 0 Å². The second-order valence-corrected chi connectivity index (χ2v) is 7.07. The van der Waals surface area contributed by atoms with Crippen molar-refractivity contribution in [2.75, 3.05) is 20.5 Å². The Kier molecular flexibility index (Phi) is 7.45. The van der Waals surface area contributed by atoms with E-state index in [4.69, 9.17) is 19.0 Å². The van der Waals surface area contributed by atoms with Crippen molar-refractivity contribution in [2.45, 2.75) is 6.92 Å². The van der Waals surface area contributed by atoms with Crippen LogP contribution in [0.15, 0.2) is 59.8 Å². The molecule has 1 aromatic heterocycles. The molecule has 0 saturated heterocycles. The third kappa shape index (κ3) is 5.52. The average Bonchev–Trinajstić information content (AvgIpc) is 2.82. The molecule has 1 heterocycles. The van der Waals surface area contributed by atoms with E-state index in [9.17, 15) is 4.79 Å². The molecule has 31 heavy (non-hydrogen) atoms. The molecule has 160 valence electrons. The van der Waals surface area contributed by atoms with Crippen LogP contribution in [0.2, 0.25) is 0 Å². The first-order chi connectivity index (χ1) is 15.0. The zero-order valence-electron chi connectivity index (χ0n) is 17.5. The molecule has 0 spiro atoms. The highest BCUT2D eigenvalue weighted by atomic mass is 32.2. The fourth-order valence-corrected chi connectivity index (χ4v) is 2.72. The fraction of sp³-hybridized carbons (Fsp3) is 0.182. The SMILES string of the molecule is COc1cc(OC)nc(Oc2cccc(-c3ccccc3)c2C(=O)ON=C(C)SC)n1. The number of carbonyl (C=O) groups excluding carboxylic acids is 1. The van der Waals surface area contributed by atoms with Crippen LogP contribution >= 0.6 is 11.8 Å². The number of benzene rings is 2. The summed E-state index contributed by atoms with van der Waals surface area (Å²) >= 11 is 1.37. The van der Waals surface area contributed by atoms with E-state index in [0.29, 0.717) is 10.6 Å². The number of ether oxygens (including phenoxy) is 3. The van der Waals surface area contributed by atoms with Crippen LogP contribution in [0, 0.1) is 0 Å². The van der Waals surface area contributed by atoms with Gasteiger partial charge < -0.3 is 19.0 Å². The summed E-state index contributed by atoms with van der Waals surface area (Å²) in [4.78, 5) is 26.5. The van der Waals surface area contributed by atoms with Crippen LogP contribution < -0.4 is 14.2 Å². The average molecular weight is 439 g/mol. The molecule has 8 nitrogen and oxygen atoms in total. The molecule has 0 unspecified atom stereocenters. The molecule has 9 heteroatoms. The lowest BCUT2D eigenvalue weighted by molar-refractivity contribution is 0.0515. The highest BCUT2D eigenvalue weighted by Crippen LogP contribution is 2.34. The van der Waals surface area contributed by atoms with Gasteiger partial charge in [0.05, 0.1) is 20.3 Å². The van der Waals surface area contributed by atoms with Crippen LogP contribution in [-0.4, -0.2) is 41.5 Å². The molecule has 0 bridgehead atoms. The highest BCUT2D eigenvalue weighted by molar-refractivity contribution is 8.13. The Hall–Kier alpha value is -3.59. The molecule has 0 aliphatic rings. The standard InChI is InChI=1S/C22H21N3O5S/c1-14(31-4)25-30-21(26)20-16(15-9-6-5-7-10-15)11-8-12-17(20)29-22-23-18(27-2)13-19(24-22)28-3/h5-13H,1-4H3. The van der Waals surface area contributed by atoms with Crippen LogP contribution in [-0.2, 0) is 4.84 Å². The minimum absolute atomic E-state index is 0.0424. The number of carbonyl (C=O) groups is 1. The first-order valence-electron chi connectivity index (χ1n) is 9.19. The largest absolute Gasteiger partial charge is 0.481 e. The van der Waals surface area contributed by atoms with Gasteiger partial charge in [-0.2, -0.15) is 9.97 Å². The van der Waals surface area contributed by atoms with Gasteiger partial charge in [0.2, 0.25) is 11.8 Å². The monoisotopic (exact) mass is 439 g/mol. The molecular weight excluding hydrogens is 418 g/mol.